The molecule has 1 atom stereocenters. The highest BCUT2D eigenvalue weighted by atomic mass is 16.5. The Morgan fingerprint density at radius 1 is 1.40 bits per heavy atom. The van der Waals surface area contributed by atoms with Gasteiger partial charge < -0.3 is 9.42 Å². The smallest absolute Gasteiger partial charge is 0.293 e. The molecule has 0 bridgehead atoms. The van der Waals surface area contributed by atoms with Crippen molar-refractivity contribution < 1.29 is 9.32 Å². The third kappa shape index (κ3) is 2.63. The van der Waals surface area contributed by atoms with Crippen LogP contribution in [0, 0.1) is 6.92 Å². The van der Waals surface area contributed by atoms with Crippen LogP contribution in [0.15, 0.2) is 27.5 Å². The lowest BCUT2D eigenvalue weighted by atomic mass is 10.1. The van der Waals surface area contributed by atoms with E-state index in [1.807, 2.05) is 13.0 Å². The van der Waals surface area contributed by atoms with Gasteiger partial charge in [0.05, 0.1) is 17.4 Å². The van der Waals surface area contributed by atoms with Crippen LogP contribution in [-0.2, 0) is 6.42 Å². The van der Waals surface area contributed by atoms with Crippen LogP contribution >= 0.6 is 0 Å². The van der Waals surface area contributed by atoms with E-state index in [9.17, 15) is 9.59 Å². The quantitative estimate of drug-likeness (QED) is 0.784. The summed E-state index contributed by atoms with van der Waals surface area (Å²) in [5.74, 6) is 0.0559. The van der Waals surface area contributed by atoms with Gasteiger partial charge in [-0.2, -0.15) is 0 Å². The number of aromatic amines is 1. The summed E-state index contributed by atoms with van der Waals surface area (Å²) in [6.07, 6.45) is 2.41. The Bertz CT molecular complexity index is 999. The maximum atomic E-state index is 12.7. The van der Waals surface area contributed by atoms with Gasteiger partial charge in [-0.25, -0.2) is 9.50 Å². The lowest BCUT2D eigenvalue weighted by Crippen LogP contribution is -2.30. The molecule has 1 aliphatic heterocycles. The Labute approximate surface area is 143 Å². The summed E-state index contributed by atoms with van der Waals surface area (Å²) in [4.78, 5) is 31.2. The molecule has 3 aromatic heterocycles. The standard InChI is InChI=1S/C17H19N5O3/c1-3-11-8-16(23)22-15(18-11)9-12(19-22)13-5-4-6-21(13)17(24)14-7-10(2)20-25-14/h7-9,13,19H,3-6H2,1-2H3. The molecule has 3 aromatic rings. The van der Waals surface area contributed by atoms with Gasteiger partial charge in [-0.05, 0) is 26.2 Å². The van der Waals surface area contributed by atoms with Crippen molar-refractivity contribution in [1.82, 2.24) is 24.7 Å². The zero-order chi connectivity index (χ0) is 17.6. The number of H-pyrrole nitrogens is 1. The van der Waals surface area contributed by atoms with E-state index in [0.29, 0.717) is 24.3 Å². The summed E-state index contributed by atoms with van der Waals surface area (Å²) in [6, 6.07) is 4.89. The number of rotatable bonds is 3. The number of nitrogens with zero attached hydrogens (tertiary/aromatic N) is 4. The van der Waals surface area contributed by atoms with Crippen LogP contribution in [0.5, 0.6) is 0 Å². The number of fused-ring (bicyclic) bond motifs is 1. The average Bonchev–Trinajstić information content (AvgIpc) is 3.32. The fraction of sp³-hybridized carbons (Fsp3) is 0.412. The van der Waals surface area contributed by atoms with E-state index >= 15 is 0 Å². The number of likely N-dealkylation sites (tertiary alicyclic amines) is 1. The summed E-state index contributed by atoms with van der Waals surface area (Å²) >= 11 is 0. The zero-order valence-electron chi connectivity index (χ0n) is 14.2. The van der Waals surface area contributed by atoms with Crippen LogP contribution in [0.4, 0.5) is 0 Å². The molecule has 130 valence electrons. The Hall–Kier alpha value is -2.90. The van der Waals surface area contributed by atoms with Crippen molar-refractivity contribution in [2.24, 2.45) is 0 Å². The summed E-state index contributed by atoms with van der Waals surface area (Å²) in [5, 5.41) is 6.89. The highest BCUT2D eigenvalue weighted by Crippen LogP contribution is 2.32. The number of hydrogen-bond donors (Lipinski definition) is 1. The summed E-state index contributed by atoms with van der Waals surface area (Å²) < 4.78 is 6.54. The number of carbonyl (C=O) groups excluding carboxylic acids is 1. The van der Waals surface area contributed by atoms with Crippen LogP contribution in [-0.4, -0.2) is 37.1 Å². The normalized spacial score (nSPS) is 17.5. The van der Waals surface area contributed by atoms with Crippen molar-refractivity contribution in [2.75, 3.05) is 6.54 Å². The highest BCUT2D eigenvalue weighted by Gasteiger charge is 2.33. The number of amides is 1. The van der Waals surface area contributed by atoms with Gasteiger partial charge in [0.25, 0.3) is 11.5 Å². The molecule has 8 nitrogen and oxygen atoms in total. The average molecular weight is 341 g/mol. The second kappa shape index (κ2) is 5.87. The molecule has 0 radical (unpaired) electrons. The van der Waals surface area contributed by atoms with E-state index in [2.05, 4.69) is 15.2 Å². The molecule has 1 aliphatic rings. The van der Waals surface area contributed by atoms with Gasteiger partial charge >= 0.3 is 0 Å². The first kappa shape index (κ1) is 15.6. The number of aryl methyl sites for hydroxylation is 2. The predicted molar refractivity (Wildman–Crippen MR) is 89.4 cm³/mol. The van der Waals surface area contributed by atoms with E-state index < -0.39 is 0 Å². The Balaban J connectivity index is 1.70. The molecule has 0 spiro atoms. The first-order valence-corrected chi connectivity index (χ1v) is 8.42. The van der Waals surface area contributed by atoms with E-state index in [0.717, 1.165) is 24.2 Å². The topological polar surface area (TPSA) is 96.5 Å². The largest absolute Gasteiger partial charge is 0.351 e. The van der Waals surface area contributed by atoms with E-state index in [1.165, 1.54) is 10.6 Å². The minimum atomic E-state index is -0.184. The van der Waals surface area contributed by atoms with Crippen molar-refractivity contribution >= 4 is 11.6 Å². The fourth-order valence-corrected chi connectivity index (χ4v) is 3.35. The Kier molecular flexibility index (Phi) is 3.67. The zero-order valence-corrected chi connectivity index (χ0v) is 14.2. The van der Waals surface area contributed by atoms with Gasteiger partial charge in [0.1, 0.15) is 0 Å². The van der Waals surface area contributed by atoms with E-state index in [4.69, 9.17) is 4.52 Å². The molecular weight excluding hydrogens is 322 g/mol. The number of carbonyl (C=O) groups is 1. The van der Waals surface area contributed by atoms with E-state index in [1.54, 1.807) is 17.9 Å². The van der Waals surface area contributed by atoms with E-state index in [-0.39, 0.29) is 23.3 Å². The van der Waals surface area contributed by atoms with Crippen LogP contribution in [0.2, 0.25) is 0 Å². The monoisotopic (exact) mass is 341 g/mol. The Morgan fingerprint density at radius 2 is 2.24 bits per heavy atom. The molecule has 1 unspecified atom stereocenters. The van der Waals surface area contributed by atoms with Crippen LogP contribution in [0.3, 0.4) is 0 Å². The maximum absolute atomic E-state index is 12.7. The number of nitrogens with one attached hydrogen (secondary N) is 1. The second-order valence-corrected chi connectivity index (χ2v) is 6.33. The third-order valence-corrected chi connectivity index (χ3v) is 4.60. The first-order valence-electron chi connectivity index (χ1n) is 8.42. The lowest BCUT2D eigenvalue weighted by Gasteiger charge is -2.22. The summed E-state index contributed by atoms with van der Waals surface area (Å²) in [7, 11) is 0. The first-order chi connectivity index (χ1) is 12.1. The minimum Gasteiger partial charge on any atom is -0.351 e. The fourth-order valence-electron chi connectivity index (χ4n) is 3.35. The van der Waals surface area contributed by atoms with Crippen molar-refractivity contribution in [3.63, 3.8) is 0 Å². The molecule has 1 N–H and O–H groups in total. The highest BCUT2D eigenvalue weighted by molar-refractivity contribution is 5.92. The lowest BCUT2D eigenvalue weighted by molar-refractivity contribution is 0.0690. The summed E-state index contributed by atoms with van der Waals surface area (Å²) in [5.41, 5.74) is 2.67. The van der Waals surface area contributed by atoms with Crippen LogP contribution < -0.4 is 5.56 Å². The molecule has 8 heteroatoms. The number of hydrogen-bond acceptors (Lipinski definition) is 5. The minimum absolute atomic E-state index is 0.135. The molecule has 25 heavy (non-hydrogen) atoms. The van der Waals surface area contributed by atoms with Crippen molar-refractivity contribution in [3.05, 3.63) is 51.4 Å². The molecule has 1 saturated heterocycles. The van der Waals surface area contributed by atoms with Crippen LogP contribution in [0.1, 0.15) is 53.4 Å². The molecule has 1 amide bonds. The molecule has 0 aliphatic carbocycles. The molecule has 0 aromatic carbocycles. The van der Waals surface area contributed by atoms with Gasteiger partial charge in [-0.3, -0.25) is 14.7 Å². The molecule has 1 fully saturated rings. The molecule has 4 heterocycles. The Morgan fingerprint density at radius 3 is 2.96 bits per heavy atom. The van der Waals surface area contributed by atoms with Gasteiger partial charge in [0, 0.05) is 30.4 Å². The molecule has 0 saturated carbocycles. The van der Waals surface area contributed by atoms with Crippen molar-refractivity contribution in [1.29, 1.82) is 0 Å². The van der Waals surface area contributed by atoms with Gasteiger partial charge in [-0.1, -0.05) is 12.1 Å². The predicted octanol–water partition coefficient (Wildman–Crippen LogP) is 1.86. The summed E-state index contributed by atoms with van der Waals surface area (Å²) in [6.45, 7) is 4.38. The number of aromatic nitrogens is 4. The van der Waals surface area contributed by atoms with Gasteiger partial charge in [0.2, 0.25) is 5.76 Å². The van der Waals surface area contributed by atoms with Crippen LogP contribution in [0.25, 0.3) is 5.65 Å². The van der Waals surface area contributed by atoms with Gasteiger partial charge in [0.15, 0.2) is 5.65 Å². The second-order valence-electron chi connectivity index (χ2n) is 6.33. The SMILES string of the molecule is CCc1cc(=O)n2[nH]c(C3CCCN3C(=O)c3cc(C)no3)cc2n1. The maximum Gasteiger partial charge on any atom is 0.293 e. The third-order valence-electron chi connectivity index (χ3n) is 4.60. The van der Waals surface area contributed by atoms with Crippen molar-refractivity contribution in [2.45, 2.75) is 39.2 Å². The van der Waals surface area contributed by atoms with Crippen molar-refractivity contribution in [3.8, 4) is 0 Å². The molecular formula is C17H19N5O3. The molecule has 4 rings (SSSR count). The van der Waals surface area contributed by atoms with Gasteiger partial charge in [-0.15, -0.1) is 0 Å².